The molecule has 33 heavy (non-hydrogen) atoms. The zero-order valence-electron chi connectivity index (χ0n) is 18.3. The summed E-state index contributed by atoms with van der Waals surface area (Å²) in [6.07, 6.45) is -0.0182. The van der Waals surface area contributed by atoms with Gasteiger partial charge in [-0.25, -0.2) is 4.79 Å². The first-order chi connectivity index (χ1) is 15.9. The summed E-state index contributed by atoms with van der Waals surface area (Å²) in [6.45, 7) is -0.716. The van der Waals surface area contributed by atoms with Crippen LogP contribution in [0.4, 0.5) is 0 Å². The molecule has 2 aromatic carbocycles. The molecule has 0 unspecified atom stereocenters. The van der Waals surface area contributed by atoms with Crippen molar-refractivity contribution < 1.29 is 38.5 Å². The van der Waals surface area contributed by atoms with Gasteiger partial charge in [0.25, 0.3) is 0 Å². The number of hydrogen-bond acceptors (Lipinski definition) is 8. The Morgan fingerprint density at radius 2 is 1.61 bits per heavy atom. The van der Waals surface area contributed by atoms with E-state index in [1.807, 2.05) is 30.3 Å². The van der Waals surface area contributed by atoms with Gasteiger partial charge in [-0.1, -0.05) is 42.5 Å². The summed E-state index contributed by atoms with van der Waals surface area (Å²) in [5.74, 6) is -1.86. The molecule has 9 nitrogen and oxygen atoms in total. The van der Waals surface area contributed by atoms with Crippen LogP contribution in [0.1, 0.15) is 24.0 Å². The summed E-state index contributed by atoms with van der Waals surface area (Å²) in [7, 11) is 1.24. The molecule has 2 rings (SSSR count). The second kappa shape index (κ2) is 13.8. The Kier molecular flexibility index (Phi) is 10.7. The van der Waals surface area contributed by atoms with E-state index in [1.54, 1.807) is 12.1 Å². The number of carbonyl (C=O) groups is 4. The highest BCUT2D eigenvalue weighted by atomic mass is 16.5. The number of rotatable bonds is 13. The number of Topliss-reactive ketones (excluding diaryl/α,β-unsaturated/α-hetero) is 1. The Morgan fingerprint density at radius 3 is 2.24 bits per heavy atom. The van der Waals surface area contributed by atoms with Crippen LogP contribution in [0, 0.1) is 0 Å². The molecule has 1 amide bonds. The molecule has 9 heteroatoms. The van der Waals surface area contributed by atoms with E-state index >= 15 is 0 Å². The number of aliphatic hydroxyl groups is 1. The second-order valence-electron chi connectivity index (χ2n) is 7.12. The fourth-order valence-electron chi connectivity index (χ4n) is 2.91. The summed E-state index contributed by atoms with van der Waals surface area (Å²) >= 11 is 0. The lowest BCUT2D eigenvalue weighted by atomic mass is 9.99. The van der Waals surface area contributed by atoms with Crippen molar-refractivity contribution in [2.24, 2.45) is 0 Å². The van der Waals surface area contributed by atoms with Gasteiger partial charge in [0, 0.05) is 6.42 Å². The third kappa shape index (κ3) is 9.63. The summed E-state index contributed by atoms with van der Waals surface area (Å²) in [5, 5.41) is 11.4. The van der Waals surface area contributed by atoms with Gasteiger partial charge in [-0.2, -0.15) is 0 Å². The lowest BCUT2D eigenvalue weighted by Gasteiger charge is -2.18. The van der Waals surface area contributed by atoms with Crippen LogP contribution in [0.2, 0.25) is 0 Å². The molecule has 0 aliphatic carbocycles. The molecular weight excluding hydrogens is 430 g/mol. The molecule has 0 heterocycles. The number of nitrogens with one attached hydrogen (secondary N) is 1. The third-order valence-electron chi connectivity index (χ3n) is 4.60. The van der Waals surface area contributed by atoms with Crippen LogP contribution in [0.25, 0.3) is 0 Å². The molecule has 0 radical (unpaired) electrons. The van der Waals surface area contributed by atoms with Crippen LogP contribution in [-0.2, 0) is 41.7 Å². The van der Waals surface area contributed by atoms with Crippen LogP contribution in [0.5, 0.6) is 5.75 Å². The molecule has 0 spiro atoms. The highest BCUT2D eigenvalue weighted by Crippen LogP contribution is 2.15. The number of aliphatic hydroxyl groups excluding tert-OH is 1. The molecule has 2 N–H and O–H groups in total. The van der Waals surface area contributed by atoms with Crippen molar-refractivity contribution in [1.29, 1.82) is 0 Å². The average Bonchev–Trinajstić information content (AvgIpc) is 2.83. The molecule has 0 aromatic heterocycles. The van der Waals surface area contributed by atoms with E-state index < -0.39 is 30.5 Å². The first kappa shape index (κ1) is 25.7. The molecule has 0 bridgehead atoms. The van der Waals surface area contributed by atoms with E-state index in [4.69, 9.17) is 14.6 Å². The monoisotopic (exact) mass is 457 g/mol. The van der Waals surface area contributed by atoms with E-state index in [2.05, 4.69) is 10.1 Å². The number of esters is 2. The molecule has 0 aliphatic heterocycles. The standard InChI is InChI=1S/C24H27NO8/c1-31-23(29)12-11-21(27)20(13-17-7-9-19(10-8-17)33-24(30)14-26)25-22(28)16-32-15-18-5-3-2-4-6-18/h2-10,20,26H,11-16H2,1H3,(H,25,28)/t20-/m0/s1. The zero-order valence-corrected chi connectivity index (χ0v) is 18.3. The van der Waals surface area contributed by atoms with Crippen molar-refractivity contribution >= 4 is 23.6 Å². The van der Waals surface area contributed by atoms with Crippen LogP contribution in [0.15, 0.2) is 54.6 Å². The maximum absolute atomic E-state index is 12.7. The number of methoxy groups -OCH3 is 1. The number of benzene rings is 2. The van der Waals surface area contributed by atoms with Gasteiger partial charge >= 0.3 is 11.9 Å². The highest BCUT2D eigenvalue weighted by Gasteiger charge is 2.22. The van der Waals surface area contributed by atoms with Gasteiger partial charge in [0.1, 0.15) is 19.0 Å². The molecule has 1 atom stereocenters. The summed E-state index contributed by atoms with van der Waals surface area (Å²) in [5.41, 5.74) is 1.61. The summed E-state index contributed by atoms with van der Waals surface area (Å²) in [6, 6.07) is 14.8. The fraction of sp³-hybridized carbons (Fsp3) is 0.333. The normalized spacial score (nSPS) is 11.3. The number of ketones is 1. The van der Waals surface area contributed by atoms with Gasteiger partial charge < -0.3 is 24.6 Å². The van der Waals surface area contributed by atoms with Gasteiger partial charge in [0.05, 0.1) is 26.2 Å². The predicted octanol–water partition coefficient (Wildman–Crippen LogP) is 1.35. The highest BCUT2D eigenvalue weighted by molar-refractivity contribution is 5.91. The van der Waals surface area contributed by atoms with Crippen molar-refractivity contribution in [3.8, 4) is 5.75 Å². The molecule has 0 fully saturated rings. The van der Waals surface area contributed by atoms with Crippen LogP contribution in [0.3, 0.4) is 0 Å². The zero-order chi connectivity index (χ0) is 24.1. The molecule has 176 valence electrons. The van der Waals surface area contributed by atoms with Crippen molar-refractivity contribution in [3.63, 3.8) is 0 Å². The van der Waals surface area contributed by atoms with Gasteiger partial charge in [-0.3, -0.25) is 14.4 Å². The first-order valence-corrected chi connectivity index (χ1v) is 10.3. The van der Waals surface area contributed by atoms with E-state index in [1.165, 1.54) is 19.2 Å². The predicted molar refractivity (Wildman–Crippen MR) is 117 cm³/mol. The smallest absolute Gasteiger partial charge is 0.337 e. The lowest BCUT2D eigenvalue weighted by Crippen LogP contribution is -2.44. The van der Waals surface area contributed by atoms with E-state index in [0.717, 1.165) is 5.56 Å². The second-order valence-corrected chi connectivity index (χ2v) is 7.12. The lowest BCUT2D eigenvalue weighted by molar-refractivity contribution is -0.142. The summed E-state index contributed by atoms with van der Waals surface area (Å²) < 4.78 is 14.9. The van der Waals surface area contributed by atoms with Crippen molar-refractivity contribution in [2.45, 2.75) is 31.9 Å². The van der Waals surface area contributed by atoms with Crippen LogP contribution >= 0.6 is 0 Å². The minimum atomic E-state index is -0.881. The molecule has 0 aliphatic rings. The van der Waals surface area contributed by atoms with Crippen LogP contribution < -0.4 is 10.1 Å². The number of ether oxygens (including phenoxy) is 3. The van der Waals surface area contributed by atoms with Crippen LogP contribution in [-0.4, -0.2) is 55.1 Å². The molecule has 0 saturated carbocycles. The maximum atomic E-state index is 12.7. The van der Waals surface area contributed by atoms with Gasteiger partial charge in [0.15, 0.2) is 5.78 Å². The Morgan fingerprint density at radius 1 is 0.909 bits per heavy atom. The third-order valence-corrected chi connectivity index (χ3v) is 4.60. The topological polar surface area (TPSA) is 128 Å². The van der Waals surface area contributed by atoms with E-state index in [9.17, 15) is 19.2 Å². The van der Waals surface area contributed by atoms with Gasteiger partial charge in [0.2, 0.25) is 5.91 Å². The van der Waals surface area contributed by atoms with Crippen molar-refractivity contribution in [3.05, 3.63) is 65.7 Å². The molecule has 0 saturated heterocycles. The first-order valence-electron chi connectivity index (χ1n) is 10.3. The summed E-state index contributed by atoms with van der Waals surface area (Å²) in [4.78, 5) is 47.6. The average molecular weight is 457 g/mol. The minimum absolute atomic E-state index is 0.0886. The Hall–Kier alpha value is -3.56. The number of amides is 1. The van der Waals surface area contributed by atoms with E-state index in [-0.39, 0.29) is 44.0 Å². The van der Waals surface area contributed by atoms with Gasteiger partial charge in [-0.05, 0) is 29.7 Å². The Labute approximate surface area is 191 Å². The largest absolute Gasteiger partial charge is 0.469 e. The molecule has 2 aromatic rings. The fourth-order valence-corrected chi connectivity index (χ4v) is 2.91. The van der Waals surface area contributed by atoms with E-state index in [0.29, 0.717) is 5.56 Å². The SMILES string of the molecule is COC(=O)CCC(=O)[C@H](Cc1ccc(OC(=O)CO)cc1)NC(=O)COCc1ccccc1. The number of hydrogen-bond donors (Lipinski definition) is 2. The number of carbonyl (C=O) groups excluding carboxylic acids is 4. The van der Waals surface area contributed by atoms with Gasteiger partial charge in [-0.15, -0.1) is 0 Å². The maximum Gasteiger partial charge on any atom is 0.337 e. The quantitative estimate of drug-likeness (QED) is 0.341. The minimum Gasteiger partial charge on any atom is -0.469 e. The molecular formula is C24H27NO8. The Balaban J connectivity index is 1.98. The van der Waals surface area contributed by atoms with Crippen molar-refractivity contribution in [2.75, 3.05) is 20.3 Å². The Bertz CT molecular complexity index is 927. The van der Waals surface area contributed by atoms with Crippen molar-refractivity contribution in [1.82, 2.24) is 5.32 Å².